The zero-order chi connectivity index (χ0) is 6.53. The SMILES string of the molecule is CC[N]OC1CCCC1. The number of hydroxylamine groups is 1. The average Bonchev–Trinajstić information content (AvgIpc) is 2.34. The standard InChI is InChI=1S/C7H14NO/c1-2-8-9-7-5-3-4-6-7/h7H,2-6H2,1H3. The molecule has 0 aromatic rings. The van der Waals surface area contributed by atoms with Crippen LogP contribution in [0.3, 0.4) is 0 Å². The van der Waals surface area contributed by atoms with Gasteiger partial charge < -0.3 is 0 Å². The Morgan fingerprint density at radius 1 is 1.44 bits per heavy atom. The Morgan fingerprint density at radius 3 is 2.67 bits per heavy atom. The molecule has 0 saturated heterocycles. The third-order valence-corrected chi connectivity index (χ3v) is 1.65. The van der Waals surface area contributed by atoms with E-state index in [1.807, 2.05) is 6.92 Å². The number of nitrogens with zero attached hydrogens (tertiary/aromatic N) is 1. The van der Waals surface area contributed by atoms with Crippen molar-refractivity contribution in [3.05, 3.63) is 0 Å². The van der Waals surface area contributed by atoms with Gasteiger partial charge in [-0.3, -0.25) is 4.84 Å². The van der Waals surface area contributed by atoms with Gasteiger partial charge in [-0.05, 0) is 19.8 Å². The van der Waals surface area contributed by atoms with Crippen LogP contribution in [-0.2, 0) is 4.84 Å². The molecular formula is C7H14NO. The highest BCUT2D eigenvalue weighted by Crippen LogP contribution is 2.19. The van der Waals surface area contributed by atoms with E-state index in [0.717, 1.165) is 6.54 Å². The zero-order valence-electron chi connectivity index (χ0n) is 5.97. The first kappa shape index (κ1) is 7.03. The molecule has 0 N–H and O–H groups in total. The van der Waals surface area contributed by atoms with Gasteiger partial charge in [0.2, 0.25) is 0 Å². The van der Waals surface area contributed by atoms with Crippen molar-refractivity contribution in [2.45, 2.75) is 38.7 Å². The van der Waals surface area contributed by atoms with Crippen molar-refractivity contribution >= 4 is 0 Å². The van der Waals surface area contributed by atoms with Crippen molar-refractivity contribution in [2.24, 2.45) is 0 Å². The molecule has 1 fully saturated rings. The summed E-state index contributed by atoms with van der Waals surface area (Å²) in [6.07, 6.45) is 5.52. The number of rotatable bonds is 3. The van der Waals surface area contributed by atoms with E-state index in [1.54, 1.807) is 0 Å². The van der Waals surface area contributed by atoms with Gasteiger partial charge in [-0.1, -0.05) is 18.3 Å². The predicted molar refractivity (Wildman–Crippen MR) is 36.0 cm³/mol. The Hall–Kier alpha value is -0.0800. The van der Waals surface area contributed by atoms with Gasteiger partial charge in [0.05, 0.1) is 6.10 Å². The lowest BCUT2D eigenvalue weighted by atomic mass is 10.3. The molecule has 9 heavy (non-hydrogen) atoms. The lowest BCUT2D eigenvalue weighted by Crippen LogP contribution is -2.14. The second-order valence-corrected chi connectivity index (χ2v) is 2.46. The fourth-order valence-corrected chi connectivity index (χ4v) is 1.17. The highest BCUT2D eigenvalue weighted by Gasteiger charge is 2.15. The van der Waals surface area contributed by atoms with E-state index in [2.05, 4.69) is 5.48 Å². The average molecular weight is 128 g/mol. The molecule has 0 amide bonds. The molecule has 0 spiro atoms. The number of hydrogen-bond donors (Lipinski definition) is 0. The van der Waals surface area contributed by atoms with Gasteiger partial charge in [-0.25, -0.2) is 0 Å². The molecule has 1 saturated carbocycles. The van der Waals surface area contributed by atoms with Crippen LogP contribution in [-0.4, -0.2) is 12.6 Å². The minimum absolute atomic E-state index is 0.449. The van der Waals surface area contributed by atoms with Crippen LogP contribution in [0.4, 0.5) is 0 Å². The maximum atomic E-state index is 5.18. The van der Waals surface area contributed by atoms with Gasteiger partial charge in [0.15, 0.2) is 0 Å². The summed E-state index contributed by atoms with van der Waals surface area (Å²) in [5, 5.41) is 0. The molecule has 0 aromatic carbocycles. The Kier molecular flexibility index (Phi) is 3.01. The molecule has 1 rings (SSSR count). The molecule has 2 heteroatoms. The quantitative estimate of drug-likeness (QED) is 0.528. The van der Waals surface area contributed by atoms with Crippen LogP contribution in [0.2, 0.25) is 0 Å². The van der Waals surface area contributed by atoms with Gasteiger partial charge in [0, 0.05) is 6.54 Å². The van der Waals surface area contributed by atoms with E-state index < -0.39 is 0 Å². The normalized spacial score (nSPS) is 21.0. The maximum Gasteiger partial charge on any atom is 0.0810 e. The second kappa shape index (κ2) is 3.85. The summed E-state index contributed by atoms with van der Waals surface area (Å²) in [5.74, 6) is 0. The van der Waals surface area contributed by atoms with Crippen LogP contribution in [0.25, 0.3) is 0 Å². The van der Waals surface area contributed by atoms with E-state index in [-0.39, 0.29) is 0 Å². The van der Waals surface area contributed by atoms with E-state index in [1.165, 1.54) is 25.7 Å². The first-order valence-electron chi connectivity index (χ1n) is 3.76. The molecule has 0 atom stereocenters. The van der Waals surface area contributed by atoms with E-state index in [4.69, 9.17) is 4.84 Å². The fourth-order valence-electron chi connectivity index (χ4n) is 1.17. The van der Waals surface area contributed by atoms with Crippen LogP contribution in [0.1, 0.15) is 32.6 Å². The first-order valence-corrected chi connectivity index (χ1v) is 3.76. The smallest absolute Gasteiger partial charge is 0.0810 e. The highest BCUT2D eigenvalue weighted by molar-refractivity contribution is 4.65. The maximum absolute atomic E-state index is 5.18. The van der Waals surface area contributed by atoms with E-state index in [9.17, 15) is 0 Å². The molecular weight excluding hydrogens is 114 g/mol. The van der Waals surface area contributed by atoms with Gasteiger partial charge in [0.1, 0.15) is 0 Å². The van der Waals surface area contributed by atoms with Gasteiger partial charge in [-0.15, -0.1) is 0 Å². The van der Waals surface area contributed by atoms with Crippen LogP contribution >= 0.6 is 0 Å². The largest absolute Gasteiger partial charge is 0.279 e. The summed E-state index contributed by atoms with van der Waals surface area (Å²) in [7, 11) is 0. The van der Waals surface area contributed by atoms with Gasteiger partial charge >= 0.3 is 0 Å². The van der Waals surface area contributed by atoms with Gasteiger partial charge in [0.25, 0.3) is 0 Å². The van der Waals surface area contributed by atoms with Crippen molar-refractivity contribution in [2.75, 3.05) is 6.54 Å². The third-order valence-electron chi connectivity index (χ3n) is 1.65. The summed E-state index contributed by atoms with van der Waals surface area (Å²) >= 11 is 0. The Morgan fingerprint density at radius 2 is 2.11 bits per heavy atom. The van der Waals surface area contributed by atoms with Crippen molar-refractivity contribution in [3.63, 3.8) is 0 Å². The monoisotopic (exact) mass is 128 g/mol. The third kappa shape index (κ3) is 2.33. The Bertz CT molecular complexity index is 69.3. The topological polar surface area (TPSA) is 23.3 Å². The van der Waals surface area contributed by atoms with Crippen LogP contribution in [0, 0.1) is 0 Å². The van der Waals surface area contributed by atoms with Crippen LogP contribution < -0.4 is 5.48 Å². The summed E-state index contributed by atoms with van der Waals surface area (Å²) in [6, 6.07) is 0. The molecule has 0 bridgehead atoms. The molecule has 2 nitrogen and oxygen atoms in total. The Balaban J connectivity index is 1.98. The van der Waals surface area contributed by atoms with Gasteiger partial charge in [-0.2, -0.15) is 0 Å². The van der Waals surface area contributed by atoms with E-state index >= 15 is 0 Å². The second-order valence-electron chi connectivity index (χ2n) is 2.46. The van der Waals surface area contributed by atoms with Crippen molar-refractivity contribution in [1.82, 2.24) is 5.48 Å². The fraction of sp³-hybridized carbons (Fsp3) is 1.00. The molecule has 53 valence electrons. The zero-order valence-corrected chi connectivity index (χ0v) is 5.97. The van der Waals surface area contributed by atoms with Crippen molar-refractivity contribution in [1.29, 1.82) is 0 Å². The summed E-state index contributed by atoms with van der Waals surface area (Å²) < 4.78 is 0. The Labute approximate surface area is 56.5 Å². The molecule has 1 aliphatic carbocycles. The predicted octanol–water partition coefficient (Wildman–Crippen LogP) is 1.48. The minimum Gasteiger partial charge on any atom is -0.279 e. The molecule has 0 unspecified atom stereocenters. The molecule has 1 aliphatic rings. The van der Waals surface area contributed by atoms with Crippen molar-refractivity contribution < 1.29 is 4.84 Å². The summed E-state index contributed by atoms with van der Waals surface area (Å²) in [4.78, 5) is 5.18. The minimum atomic E-state index is 0.449. The molecule has 1 radical (unpaired) electrons. The van der Waals surface area contributed by atoms with E-state index in [0.29, 0.717) is 6.10 Å². The summed E-state index contributed by atoms with van der Waals surface area (Å²) in [6.45, 7) is 2.78. The summed E-state index contributed by atoms with van der Waals surface area (Å²) in [5.41, 5.74) is 3.85. The first-order chi connectivity index (χ1) is 4.43. The highest BCUT2D eigenvalue weighted by atomic mass is 16.7. The van der Waals surface area contributed by atoms with Crippen LogP contribution in [0.5, 0.6) is 0 Å². The lowest BCUT2D eigenvalue weighted by molar-refractivity contribution is -0.0248. The van der Waals surface area contributed by atoms with Crippen LogP contribution in [0.15, 0.2) is 0 Å². The lowest BCUT2D eigenvalue weighted by Gasteiger charge is -2.06. The molecule has 0 heterocycles. The van der Waals surface area contributed by atoms with Crippen molar-refractivity contribution in [3.8, 4) is 0 Å². The molecule has 0 aromatic heterocycles. The number of hydrogen-bond acceptors (Lipinski definition) is 1. The molecule has 0 aliphatic heterocycles.